The van der Waals surface area contributed by atoms with Gasteiger partial charge in [0.2, 0.25) is 0 Å². The van der Waals surface area contributed by atoms with E-state index in [9.17, 15) is 9.90 Å². The van der Waals surface area contributed by atoms with Crippen LogP contribution in [0.2, 0.25) is 5.15 Å². The Kier molecular flexibility index (Phi) is 4.86. The van der Waals surface area contributed by atoms with Crippen molar-refractivity contribution >= 4 is 22.5 Å². The predicted octanol–water partition coefficient (Wildman–Crippen LogP) is 2.85. The first-order valence-corrected chi connectivity index (χ1v) is 10.4. The van der Waals surface area contributed by atoms with E-state index in [1.807, 2.05) is 12.1 Å². The first kappa shape index (κ1) is 18.7. The van der Waals surface area contributed by atoms with Crippen LogP contribution in [-0.4, -0.2) is 39.0 Å². The van der Waals surface area contributed by atoms with Gasteiger partial charge in [0, 0.05) is 12.8 Å². The van der Waals surface area contributed by atoms with Crippen LogP contribution in [0.25, 0.3) is 10.9 Å². The lowest BCUT2D eigenvalue weighted by Gasteiger charge is -2.29. The number of hydrogen-bond donors (Lipinski definition) is 1. The number of aliphatic hydroxyl groups excluding tert-OH is 1. The van der Waals surface area contributed by atoms with Crippen LogP contribution in [0.1, 0.15) is 41.1 Å². The van der Waals surface area contributed by atoms with E-state index in [1.54, 1.807) is 23.2 Å². The molecule has 0 amide bonds. The summed E-state index contributed by atoms with van der Waals surface area (Å²) in [4.78, 5) is 22.2. The molecule has 2 atom stereocenters. The van der Waals surface area contributed by atoms with Gasteiger partial charge < -0.3 is 9.84 Å². The third kappa shape index (κ3) is 3.35. The van der Waals surface area contributed by atoms with Crippen LogP contribution in [0, 0.1) is 0 Å². The van der Waals surface area contributed by atoms with Gasteiger partial charge in [-0.2, -0.15) is 0 Å². The molecule has 1 N–H and O–H groups in total. The Balaban J connectivity index is 1.63. The molecule has 0 unspecified atom stereocenters. The van der Waals surface area contributed by atoms with Crippen molar-refractivity contribution in [1.82, 2.24) is 14.5 Å². The number of nitrogens with zero attached hydrogens (tertiary/aromatic N) is 3. The number of ether oxygens (including phenoxy) is 1. The van der Waals surface area contributed by atoms with Gasteiger partial charge in [-0.25, -0.2) is 9.97 Å². The van der Waals surface area contributed by atoms with Crippen molar-refractivity contribution in [2.45, 2.75) is 44.2 Å². The molecule has 3 heterocycles. The molecule has 1 fully saturated rings. The average Bonchev–Trinajstić information content (AvgIpc) is 3.22. The number of aromatic nitrogens is 3. The van der Waals surface area contributed by atoms with Gasteiger partial charge in [-0.05, 0) is 66.5 Å². The van der Waals surface area contributed by atoms with E-state index < -0.39 is 6.10 Å². The molecule has 29 heavy (non-hydrogen) atoms. The van der Waals surface area contributed by atoms with E-state index in [0.29, 0.717) is 30.0 Å². The summed E-state index contributed by atoms with van der Waals surface area (Å²) in [5.74, 6) is 0. The van der Waals surface area contributed by atoms with Gasteiger partial charge in [-0.1, -0.05) is 17.7 Å². The number of aryl methyl sites for hydroxylation is 1. The summed E-state index contributed by atoms with van der Waals surface area (Å²) in [6, 6.07) is 5.45. The number of benzene rings is 1. The van der Waals surface area contributed by atoms with Crippen LogP contribution in [0.3, 0.4) is 0 Å². The fourth-order valence-corrected chi connectivity index (χ4v) is 4.75. The van der Waals surface area contributed by atoms with E-state index in [-0.39, 0.29) is 18.2 Å². The highest BCUT2D eigenvalue weighted by molar-refractivity contribution is 6.29. The highest BCUT2D eigenvalue weighted by Gasteiger charge is 2.28. The second-order valence-electron chi connectivity index (χ2n) is 7.86. The van der Waals surface area contributed by atoms with Crippen LogP contribution in [0.15, 0.2) is 35.5 Å². The molecule has 1 aliphatic carbocycles. The van der Waals surface area contributed by atoms with Gasteiger partial charge in [0.05, 0.1) is 36.0 Å². The SMILES string of the molecule is O=c1c2cc(Cc3ccc(Cl)nc3)c3c(c2ncn1[C@H]1CCOC[C@@H]1O)CCC3. The average molecular weight is 412 g/mol. The van der Waals surface area contributed by atoms with Crippen molar-refractivity contribution in [2.24, 2.45) is 0 Å². The molecule has 0 saturated carbocycles. The zero-order valence-electron chi connectivity index (χ0n) is 16.0. The lowest BCUT2D eigenvalue weighted by molar-refractivity contribution is -0.0395. The molecule has 1 aromatic carbocycles. The largest absolute Gasteiger partial charge is 0.389 e. The molecule has 7 heteroatoms. The third-order valence-electron chi connectivity index (χ3n) is 6.07. The Bertz CT molecular complexity index is 1130. The Labute approximate surface area is 173 Å². The van der Waals surface area contributed by atoms with Crippen molar-refractivity contribution in [1.29, 1.82) is 0 Å². The van der Waals surface area contributed by atoms with Gasteiger partial charge in [-0.15, -0.1) is 0 Å². The van der Waals surface area contributed by atoms with Crippen molar-refractivity contribution in [3.63, 3.8) is 0 Å². The molecule has 0 radical (unpaired) electrons. The molecule has 150 valence electrons. The topological polar surface area (TPSA) is 77.2 Å². The molecular formula is C22H22ClN3O3. The van der Waals surface area contributed by atoms with Gasteiger partial charge in [0.1, 0.15) is 5.15 Å². The van der Waals surface area contributed by atoms with Gasteiger partial charge in [0.25, 0.3) is 5.56 Å². The van der Waals surface area contributed by atoms with E-state index in [0.717, 1.165) is 35.9 Å². The first-order valence-electron chi connectivity index (χ1n) is 10.0. The first-order chi connectivity index (χ1) is 14.1. The van der Waals surface area contributed by atoms with Crippen LogP contribution in [0.4, 0.5) is 0 Å². The standard InChI is InChI=1S/C22H22ClN3O3/c23-20-5-4-13(10-24-20)8-14-9-17-21(16-3-1-2-15(14)16)25-12-26(22(17)28)18-6-7-29-11-19(18)27/h4-5,9-10,12,18-19,27H,1-3,6-8,11H2/t18-,19-/m0/s1. The molecule has 5 rings (SSSR count). The summed E-state index contributed by atoms with van der Waals surface area (Å²) in [6.45, 7) is 0.777. The van der Waals surface area contributed by atoms with Gasteiger partial charge in [-0.3, -0.25) is 9.36 Å². The monoisotopic (exact) mass is 411 g/mol. The number of rotatable bonds is 3. The fourth-order valence-electron chi connectivity index (χ4n) is 4.63. The van der Waals surface area contributed by atoms with Gasteiger partial charge >= 0.3 is 0 Å². The maximum absolute atomic E-state index is 13.4. The zero-order chi connectivity index (χ0) is 20.0. The molecule has 6 nitrogen and oxygen atoms in total. The van der Waals surface area contributed by atoms with Crippen molar-refractivity contribution < 1.29 is 9.84 Å². The van der Waals surface area contributed by atoms with Crippen LogP contribution >= 0.6 is 11.6 Å². The molecular weight excluding hydrogens is 390 g/mol. The Morgan fingerprint density at radius 3 is 2.90 bits per heavy atom. The van der Waals surface area contributed by atoms with E-state index in [1.165, 1.54) is 11.1 Å². The van der Waals surface area contributed by atoms with Crippen molar-refractivity contribution in [2.75, 3.05) is 13.2 Å². The van der Waals surface area contributed by atoms with E-state index in [2.05, 4.69) is 9.97 Å². The Morgan fingerprint density at radius 2 is 2.10 bits per heavy atom. The number of pyridine rings is 1. The highest BCUT2D eigenvalue weighted by atomic mass is 35.5. The van der Waals surface area contributed by atoms with Crippen molar-refractivity contribution in [3.8, 4) is 0 Å². The van der Waals surface area contributed by atoms with E-state index >= 15 is 0 Å². The van der Waals surface area contributed by atoms with Gasteiger partial charge in [0.15, 0.2) is 0 Å². The summed E-state index contributed by atoms with van der Waals surface area (Å²) >= 11 is 5.92. The summed E-state index contributed by atoms with van der Waals surface area (Å²) in [6.07, 6.45) is 7.01. The Morgan fingerprint density at radius 1 is 1.24 bits per heavy atom. The number of fused-ring (bicyclic) bond motifs is 3. The van der Waals surface area contributed by atoms with Crippen molar-refractivity contribution in [3.05, 3.63) is 68.5 Å². The van der Waals surface area contributed by atoms with Crippen LogP contribution in [-0.2, 0) is 24.0 Å². The molecule has 1 saturated heterocycles. The lowest BCUT2D eigenvalue weighted by Crippen LogP contribution is -2.39. The second-order valence-corrected chi connectivity index (χ2v) is 8.25. The molecule has 2 aromatic heterocycles. The maximum Gasteiger partial charge on any atom is 0.261 e. The summed E-state index contributed by atoms with van der Waals surface area (Å²) < 4.78 is 6.90. The Hall–Kier alpha value is -2.28. The highest BCUT2D eigenvalue weighted by Crippen LogP contribution is 2.32. The maximum atomic E-state index is 13.4. The number of hydrogen-bond acceptors (Lipinski definition) is 5. The third-order valence-corrected chi connectivity index (χ3v) is 6.30. The minimum Gasteiger partial charge on any atom is -0.389 e. The minimum absolute atomic E-state index is 0.0915. The molecule has 2 aliphatic rings. The quantitative estimate of drug-likeness (QED) is 0.670. The summed E-state index contributed by atoms with van der Waals surface area (Å²) in [5.41, 5.74) is 5.43. The molecule has 1 aliphatic heterocycles. The predicted molar refractivity (Wildman–Crippen MR) is 111 cm³/mol. The molecule has 0 bridgehead atoms. The lowest BCUT2D eigenvalue weighted by atomic mass is 9.95. The summed E-state index contributed by atoms with van der Waals surface area (Å²) in [5, 5.41) is 11.4. The fraction of sp³-hybridized carbons (Fsp3) is 0.409. The molecule has 0 spiro atoms. The zero-order valence-corrected chi connectivity index (χ0v) is 16.7. The van der Waals surface area contributed by atoms with Crippen LogP contribution in [0.5, 0.6) is 0 Å². The molecule has 3 aromatic rings. The normalized spacial score (nSPS) is 21.4. The second kappa shape index (κ2) is 7.52. The number of aliphatic hydroxyl groups is 1. The van der Waals surface area contributed by atoms with Crippen LogP contribution < -0.4 is 5.56 Å². The smallest absolute Gasteiger partial charge is 0.261 e. The number of halogens is 1. The summed E-state index contributed by atoms with van der Waals surface area (Å²) in [7, 11) is 0. The van der Waals surface area contributed by atoms with E-state index in [4.69, 9.17) is 16.3 Å². The minimum atomic E-state index is -0.699.